The van der Waals surface area contributed by atoms with Crippen LogP contribution in [0.5, 0.6) is 0 Å². The second kappa shape index (κ2) is 4.36. The van der Waals surface area contributed by atoms with E-state index in [1.54, 1.807) is 11.3 Å². The molecule has 2 heterocycles. The van der Waals surface area contributed by atoms with Crippen LogP contribution in [0.1, 0.15) is 33.4 Å². The highest BCUT2D eigenvalue weighted by Crippen LogP contribution is 2.27. The third-order valence-electron chi connectivity index (χ3n) is 2.83. The van der Waals surface area contributed by atoms with Crippen molar-refractivity contribution in [2.75, 3.05) is 0 Å². The van der Waals surface area contributed by atoms with Crippen molar-refractivity contribution in [2.24, 2.45) is 5.73 Å². The second-order valence-electron chi connectivity index (χ2n) is 4.04. The van der Waals surface area contributed by atoms with Crippen LogP contribution in [0.3, 0.4) is 0 Å². The minimum absolute atomic E-state index is 0.0562. The Morgan fingerprint density at radius 1 is 1.12 bits per heavy atom. The molecule has 16 heavy (non-hydrogen) atoms. The summed E-state index contributed by atoms with van der Waals surface area (Å²) in [5.74, 6) is 0. The molecule has 0 saturated heterocycles. The van der Waals surface area contributed by atoms with Gasteiger partial charge in [0.05, 0.1) is 6.04 Å². The largest absolute Gasteiger partial charge is 0.320 e. The topological polar surface area (TPSA) is 38.9 Å². The lowest BCUT2D eigenvalue weighted by Crippen LogP contribution is -2.14. The number of aryl methyl sites for hydroxylation is 3. The van der Waals surface area contributed by atoms with Gasteiger partial charge in [-0.15, -0.1) is 11.3 Å². The lowest BCUT2D eigenvalue weighted by atomic mass is 9.99. The van der Waals surface area contributed by atoms with Crippen LogP contribution < -0.4 is 5.73 Å². The minimum Gasteiger partial charge on any atom is -0.320 e. The highest BCUT2D eigenvalue weighted by molar-refractivity contribution is 7.10. The Labute approximate surface area is 100 Å². The van der Waals surface area contributed by atoms with Crippen molar-refractivity contribution in [3.8, 4) is 0 Å². The maximum absolute atomic E-state index is 6.28. The Hall–Kier alpha value is -1.19. The van der Waals surface area contributed by atoms with E-state index in [1.165, 1.54) is 10.4 Å². The first-order valence-electron chi connectivity index (χ1n) is 5.33. The van der Waals surface area contributed by atoms with Gasteiger partial charge in [-0.1, -0.05) is 6.07 Å². The summed E-state index contributed by atoms with van der Waals surface area (Å²) in [5, 5.41) is 2.08. The summed E-state index contributed by atoms with van der Waals surface area (Å²) in [4.78, 5) is 5.74. The van der Waals surface area contributed by atoms with Crippen LogP contribution in [0.25, 0.3) is 0 Å². The molecule has 0 aliphatic carbocycles. The van der Waals surface area contributed by atoms with E-state index in [9.17, 15) is 0 Å². The molecule has 2 N–H and O–H groups in total. The molecule has 84 valence electrons. The normalized spacial score (nSPS) is 12.8. The molecule has 1 atom stereocenters. The van der Waals surface area contributed by atoms with E-state index in [4.69, 9.17) is 5.73 Å². The predicted molar refractivity (Wildman–Crippen MR) is 68.8 cm³/mol. The number of nitrogens with two attached hydrogens (primary N) is 1. The summed E-state index contributed by atoms with van der Waals surface area (Å²) < 4.78 is 0. The Kier molecular flexibility index (Phi) is 3.08. The molecule has 0 saturated carbocycles. The van der Waals surface area contributed by atoms with Crippen molar-refractivity contribution < 1.29 is 0 Å². The summed E-state index contributed by atoms with van der Waals surface area (Å²) in [6, 6.07) is 6.15. The van der Waals surface area contributed by atoms with E-state index >= 15 is 0 Å². The number of pyridine rings is 1. The van der Waals surface area contributed by atoms with Gasteiger partial charge in [-0.3, -0.25) is 4.98 Å². The first kappa shape index (κ1) is 11.3. The van der Waals surface area contributed by atoms with E-state index in [1.807, 2.05) is 19.9 Å². The van der Waals surface area contributed by atoms with Gasteiger partial charge in [-0.05, 0) is 49.4 Å². The number of aromatic nitrogens is 1. The lowest BCUT2D eigenvalue weighted by molar-refractivity contribution is 0.842. The standard InChI is InChI=1S/C13H16N2S/c1-8-4-5-11(9(2)15-8)13(14)12-6-7-16-10(12)3/h4-7,13H,14H2,1-3H3. The fraction of sp³-hybridized carbons (Fsp3) is 0.308. The Morgan fingerprint density at radius 2 is 1.88 bits per heavy atom. The molecule has 0 bridgehead atoms. The number of hydrogen-bond donors (Lipinski definition) is 1. The van der Waals surface area contributed by atoms with Gasteiger partial charge in [0.25, 0.3) is 0 Å². The quantitative estimate of drug-likeness (QED) is 0.864. The van der Waals surface area contributed by atoms with Gasteiger partial charge in [0, 0.05) is 16.3 Å². The predicted octanol–water partition coefficient (Wildman–Crippen LogP) is 3.12. The van der Waals surface area contributed by atoms with Crippen molar-refractivity contribution in [3.63, 3.8) is 0 Å². The van der Waals surface area contributed by atoms with Gasteiger partial charge in [0.2, 0.25) is 0 Å². The van der Waals surface area contributed by atoms with Crippen molar-refractivity contribution in [3.05, 3.63) is 51.0 Å². The SMILES string of the molecule is Cc1ccc(C(N)c2ccsc2C)c(C)n1. The van der Waals surface area contributed by atoms with Crippen LogP contribution in [0.15, 0.2) is 23.6 Å². The Bertz CT molecular complexity index is 502. The summed E-state index contributed by atoms with van der Waals surface area (Å²) in [6.45, 7) is 6.12. The van der Waals surface area contributed by atoms with Crippen molar-refractivity contribution in [1.29, 1.82) is 0 Å². The smallest absolute Gasteiger partial charge is 0.0580 e. The molecule has 2 rings (SSSR count). The third kappa shape index (κ3) is 2.01. The van der Waals surface area contributed by atoms with Crippen LogP contribution >= 0.6 is 11.3 Å². The molecule has 1 unspecified atom stereocenters. The molecule has 0 amide bonds. The van der Waals surface area contributed by atoms with Gasteiger partial charge < -0.3 is 5.73 Å². The third-order valence-corrected chi connectivity index (χ3v) is 3.70. The van der Waals surface area contributed by atoms with Crippen LogP contribution in [-0.4, -0.2) is 4.98 Å². The van der Waals surface area contributed by atoms with Crippen LogP contribution in [0.2, 0.25) is 0 Å². The summed E-state index contributed by atoms with van der Waals surface area (Å²) >= 11 is 1.74. The van der Waals surface area contributed by atoms with Crippen LogP contribution in [-0.2, 0) is 0 Å². The number of hydrogen-bond acceptors (Lipinski definition) is 3. The van der Waals surface area contributed by atoms with Gasteiger partial charge >= 0.3 is 0 Å². The summed E-state index contributed by atoms with van der Waals surface area (Å²) in [6.07, 6.45) is 0. The number of rotatable bonds is 2. The Morgan fingerprint density at radius 3 is 2.44 bits per heavy atom. The molecule has 0 radical (unpaired) electrons. The maximum Gasteiger partial charge on any atom is 0.0580 e. The van der Waals surface area contributed by atoms with Gasteiger partial charge in [-0.2, -0.15) is 0 Å². The molecule has 0 aliphatic heterocycles. The lowest BCUT2D eigenvalue weighted by Gasteiger charge is -2.14. The molecule has 3 heteroatoms. The summed E-state index contributed by atoms with van der Waals surface area (Å²) in [5.41, 5.74) is 10.7. The number of thiophene rings is 1. The molecule has 0 aromatic carbocycles. The van der Waals surface area contributed by atoms with Gasteiger partial charge in [-0.25, -0.2) is 0 Å². The monoisotopic (exact) mass is 232 g/mol. The fourth-order valence-electron chi connectivity index (χ4n) is 1.91. The molecular weight excluding hydrogens is 216 g/mol. The van der Waals surface area contributed by atoms with E-state index in [0.29, 0.717) is 0 Å². The highest BCUT2D eigenvalue weighted by atomic mass is 32.1. The minimum atomic E-state index is -0.0562. The summed E-state index contributed by atoms with van der Waals surface area (Å²) in [7, 11) is 0. The molecule has 2 aromatic heterocycles. The average Bonchev–Trinajstić information content (AvgIpc) is 2.63. The molecule has 0 fully saturated rings. The molecule has 2 nitrogen and oxygen atoms in total. The van der Waals surface area contributed by atoms with E-state index in [-0.39, 0.29) is 6.04 Å². The van der Waals surface area contributed by atoms with Crippen LogP contribution in [0.4, 0.5) is 0 Å². The first-order chi connectivity index (χ1) is 7.59. The maximum atomic E-state index is 6.28. The van der Waals surface area contributed by atoms with E-state index < -0.39 is 0 Å². The van der Waals surface area contributed by atoms with E-state index in [0.717, 1.165) is 17.0 Å². The molecule has 2 aromatic rings. The van der Waals surface area contributed by atoms with Crippen LogP contribution in [0, 0.1) is 20.8 Å². The highest BCUT2D eigenvalue weighted by Gasteiger charge is 2.14. The zero-order valence-corrected chi connectivity index (χ0v) is 10.6. The first-order valence-corrected chi connectivity index (χ1v) is 6.21. The van der Waals surface area contributed by atoms with Gasteiger partial charge in [0.15, 0.2) is 0 Å². The van der Waals surface area contributed by atoms with Crippen molar-refractivity contribution >= 4 is 11.3 Å². The molecule has 0 aliphatic rings. The average molecular weight is 232 g/mol. The zero-order valence-electron chi connectivity index (χ0n) is 9.82. The zero-order chi connectivity index (χ0) is 11.7. The molecular formula is C13H16N2S. The second-order valence-corrected chi connectivity index (χ2v) is 5.16. The van der Waals surface area contributed by atoms with Crippen molar-refractivity contribution in [2.45, 2.75) is 26.8 Å². The fourth-order valence-corrected chi connectivity index (χ4v) is 2.66. The van der Waals surface area contributed by atoms with E-state index in [2.05, 4.69) is 29.4 Å². The molecule has 0 spiro atoms. The number of nitrogens with zero attached hydrogens (tertiary/aromatic N) is 1. The van der Waals surface area contributed by atoms with Crippen molar-refractivity contribution in [1.82, 2.24) is 4.98 Å². The van der Waals surface area contributed by atoms with Gasteiger partial charge in [0.1, 0.15) is 0 Å². The Balaban J connectivity index is 2.41.